The van der Waals surface area contributed by atoms with Crippen molar-refractivity contribution >= 4 is 21.9 Å². The molecule has 0 saturated carbocycles. The summed E-state index contributed by atoms with van der Waals surface area (Å²) in [5, 5.41) is 2.75. The Morgan fingerprint density at radius 2 is 1.78 bits per heavy atom. The van der Waals surface area contributed by atoms with Gasteiger partial charge < -0.3 is 10.1 Å². The molecule has 0 aromatic heterocycles. The van der Waals surface area contributed by atoms with Gasteiger partial charge in [-0.1, -0.05) is 19.8 Å². The Hall–Kier alpha value is -1.93. The summed E-state index contributed by atoms with van der Waals surface area (Å²) in [6.45, 7) is 4.61. The zero-order valence-electron chi connectivity index (χ0n) is 15.9. The topological polar surface area (TPSA) is 92.8 Å². The predicted molar refractivity (Wildman–Crippen MR) is 102 cm³/mol. The van der Waals surface area contributed by atoms with Crippen molar-refractivity contribution in [3.8, 4) is 0 Å². The highest BCUT2D eigenvalue weighted by Crippen LogP contribution is 2.21. The van der Waals surface area contributed by atoms with Crippen LogP contribution in [0.5, 0.6) is 0 Å². The third-order valence-corrected chi connectivity index (χ3v) is 6.42. The summed E-state index contributed by atoms with van der Waals surface area (Å²) in [5.41, 5.74) is 0.210. The molecule has 0 radical (unpaired) electrons. The third-order valence-electron chi connectivity index (χ3n) is 4.51. The van der Waals surface area contributed by atoms with Crippen LogP contribution in [0.15, 0.2) is 29.2 Å². The van der Waals surface area contributed by atoms with E-state index >= 15 is 0 Å². The van der Waals surface area contributed by atoms with Crippen molar-refractivity contribution in [2.24, 2.45) is 0 Å². The Balaban J connectivity index is 1.92. The lowest BCUT2D eigenvalue weighted by molar-refractivity contribution is -0.124. The van der Waals surface area contributed by atoms with Gasteiger partial charge in [-0.25, -0.2) is 13.2 Å². The van der Waals surface area contributed by atoms with E-state index in [9.17, 15) is 18.0 Å². The van der Waals surface area contributed by atoms with Crippen LogP contribution >= 0.6 is 0 Å². The maximum Gasteiger partial charge on any atom is 0.338 e. The zero-order valence-corrected chi connectivity index (χ0v) is 16.8. The van der Waals surface area contributed by atoms with Crippen LogP contribution in [-0.4, -0.2) is 50.3 Å². The monoisotopic (exact) mass is 396 g/mol. The third kappa shape index (κ3) is 6.04. The molecule has 1 atom stereocenters. The molecule has 1 aromatic carbocycles. The molecule has 0 bridgehead atoms. The first-order chi connectivity index (χ1) is 12.8. The highest BCUT2D eigenvalue weighted by molar-refractivity contribution is 7.89. The number of sulfonamides is 1. The van der Waals surface area contributed by atoms with Gasteiger partial charge in [-0.15, -0.1) is 0 Å². The Labute approximate surface area is 161 Å². The van der Waals surface area contributed by atoms with Crippen molar-refractivity contribution in [3.63, 3.8) is 0 Å². The molecule has 2 rings (SSSR count). The summed E-state index contributed by atoms with van der Waals surface area (Å²) < 4.78 is 31.7. The van der Waals surface area contributed by atoms with Crippen LogP contribution in [0.1, 0.15) is 56.3 Å². The van der Waals surface area contributed by atoms with E-state index in [1.807, 2.05) is 13.8 Å². The van der Waals surface area contributed by atoms with E-state index in [0.29, 0.717) is 13.1 Å². The van der Waals surface area contributed by atoms with Gasteiger partial charge in [0.05, 0.1) is 10.5 Å². The van der Waals surface area contributed by atoms with Crippen LogP contribution in [0.3, 0.4) is 0 Å². The normalized spacial score (nSPS) is 16.5. The molecule has 0 spiro atoms. The number of carbonyl (C=O) groups is 2. The molecule has 1 aliphatic heterocycles. The summed E-state index contributed by atoms with van der Waals surface area (Å²) in [6.07, 6.45) is 4.58. The summed E-state index contributed by atoms with van der Waals surface area (Å²) in [4.78, 5) is 24.0. The lowest BCUT2D eigenvalue weighted by atomic mass is 10.2. The summed E-state index contributed by atoms with van der Waals surface area (Å²) in [5.74, 6) is -1.01. The molecular formula is C19H28N2O5S. The summed E-state index contributed by atoms with van der Waals surface area (Å²) in [7, 11) is -3.53. The van der Waals surface area contributed by atoms with Gasteiger partial charge in [0, 0.05) is 19.1 Å². The molecule has 0 unspecified atom stereocenters. The number of amides is 1. The second kappa shape index (κ2) is 9.85. The number of nitrogens with zero attached hydrogens (tertiary/aromatic N) is 1. The van der Waals surface area contributed by atoms with Gasteiger partial charge in [-0.3, -0.25) is 4.79 Å². The standard InChI is InChI=1S/C19H28N2O5S/c1-3-7-15(2)20-18(22)14-26-19(23)16-8-10-17(11-9-16)27(24,25)21-12-5-4-6-13-21/h8-11,15H,3-7,12-14H2,1-2H3,(H,20,22)/t15-/m0/s1. The first kappa shape index (κ1) is 21.4. The molecule has 1 fully saturated rings. The number of ether oxygens (including phenoxy) is 1. The van der Waals surface area contributed by atoms with Crippen LogP contribution in [0.4, 0.5) is 0 Å². The largest absolute Gasteiger partial charge is 0.452 e. The van der Waals surface area contributed by atoms with Crippen molar-refractivity contribution < 1.29 is 22.7 Å². The molecule has 1 amide bonds. The molecule has 8 heteroatoms. The van der Waals surface area contributed by atoms with Crippen molar-refractivity contribution in [2.75, 3.05) is 19.7 Å². The van der Waals surface area contributed by atoms with Crippen LogP contribution in [0.25, 0.3) is 0 Å². The van der Waals surface area contributed by atoms with Gasteiger partial charge >= 0.3 is 5.97 Å². The number of esters is 1. The van der Waals surface area contributed by atoms with E-state index in [0.717, 1.165) is 32.1 Å². The van der Waals surface area contributed by atoms with E-state index in [4.69, 9.17) is 4.74 Å². The van der Waals surface area contributed by atoms with Gasteiger partial charge in [-0.05, 0) is 50.5 Å². The molecule has 1 aliphatic rings. The maximum absolute atomic E-state index is 12.6. The molecule has 150 valence electrons. The number of carbonyl (C=O) groups excluding carboxylic acids is 2. The summed E-state index contributed by atoms with van der Waals surface area (Å²) in [6, 6.07) is 5.67. The van der Waals surface area contributed by atoms with Crippen molar-refractivity contribution in [1.82, 2.24) is 9.62 Å². The van der Waals surface area contributed by atoms with E-state index < -0.39 is 16.0 Å². The number of nitrogens with one attached hydrogen (secondary N) is 1. The van der Waals surface area contributed by atoms with Crippen molar-refractivity contribution in [3.05, 3.63) is 29.8 Å². The Morgan fingerprint density at radius 1 is 1.15 bits per heavy atom. The van der Waals surface area contributed by atoms with E-state index in [2.05, 4.69) is 5.32 Å². The average molecular weight is 397 g/mol. The second-order valence-corrected chi connectivity index (χ2v) is 8.76. The minimum atomic E-state index is -3.53. The molecule has 0 aliphatic carbocycles. The van der Waals surface area contributed by atoms with Gasteiger partial charge in [0.2, 0.25) is 10.0 Å². The molecule has 1 N–H and O–H groups in total. The highest BCUT2D eigenvalue weighted by atomic mass is 32.2. The smallest absolute Gasteiger partial charge is 0.338 e. The van der Waals surface area contributed by atoms with Gasteiger partial charge in [-0.2, -0.15) is 4.31 Å². The fourth-order valence-electron chi connectivity index (χ4n) is 3.05. The van der Waals surface area contributed by atoms with E-state index in [-0.39, 0.29) is 29.0 Å². The minimum absolute atomic E-state index is 0.0282. The lowest BCUT2D eigenvalue weighted by Crippen LogP contribution is -2.36. The second-order valence-electron chi connectivity index (χ2n) is 6.82. The fraction of sp³-hybridized carbons (Fsp3) is 0.579. The molecule has 7 nitrogen and oxygen atoms in total. The van der Waals surface area contributed by atoms with Gasteiger partial charge in [0.15, 0.2) is 6.61 Å². The molecule has 1 saturated heterocycles. The highest BCUT2D eigenvalue weighted by Gasteiger charge is 2.26. The molecule has 27 heavy (non-hydrogen) atoms. The fourth-order valence-corrected chi connectivity index (χ4v) is 4.57. The van der Waals surface area contributed by atoms with Crippen LogP contribution in [0, 0.1) is 0 Å². The van der Waals surface area contributed by atoms with Crippen LogP contribution in [0.2, 0.25) is 0 Å². The first-order valence-electron chi connectivity index (χ1n) is 9.41. The SMILES string of the molecule is CCC[C@H](C)NC(=O)COC(=O)c1ccc(S(=O)(=O)N2CCCCC2)cc1. The number of hydrogen-bond donors (Lipinski definition) is 1. The maximum atomic E-state index is 12.6. The molecular weight excluding hydrogens is 368 g/mol. The van der Waals surface area contributed by atoms with Crippen molar-refractivity contribution in [1.29, 1.82) is 0 Å². The number of hydrogen-bond acceptors (Lipinski definition) is 5. The zero-order chi connectivity index (χ0) is 19.9. The van der Waals surface area contributed by atoms with E-state index in [1.165, 1.54) is 28.6 Å². The molecule has 1 aromatic rings. The summed E-state index contributed by atoms with van der Waals surface area (Å²) >= 11 is 0. The van der Waals surface area contributed by atoms with Gasteiger partial charge in [0.1, 0.15) is 0 Å². The molecule has 1 heterocycles. The Morgan fingerprint density at radius 3 is 2.37 bits per heavy atom. The number of piperidine rings is 1. The average Bonchev–Trinajstić information content (AvgIpc) is 2.67. The minimum Gasteiger partial charge on any atom is -0.452 e. The Kier molecular flexibility index (Phi) is 7.79. The van der Waals surface area contributed by atoms with Crippen LogP contribution in [-0.2, 0) is 19.6 Å². The van der Waals surface area contributed by atoms with E-state index in [1.54, 1.807) is 0 Å². The lowest BCUT2D eigenvalue weighted by Gasteiger charge is -2.25. The number of benzene rings is 1. The Bertz CT molecular complexity index is 740. The first-order valence-corrected chi connectivity index (χ1v) is 10.8. The predicted octanol–water partition coefficient (Wildman–Crippen LogP) is 2.32. The van der Waals surface area contributed by atoms with Crippen LogP contribution < -0.4 is 5.32 Å². The number of rotatable bonds is 8. The quantitative estimate of drug-likeness (QED) is 0.681. The van der Waals surface area contributed by atoms with Crippen molar-refractivity contribution in [2.45, 2.75) is 56.9 Å². The van der Waals surface area contributed by atoms with Gasteiger partial charge in [0.25, 0.3) is 5.91 Å².